The third-order valence-electron chi connectivity index (χ3n) is 5.00. The van der Waals surface area contributed by atoms with Crippen molar-refractivity contribution in [1.82, 2.24) is 9.80 Å². The lowest BCUT2D eigenvalue weighted by Gasteiger charge is -2.41. The summed E-state index contributed by atoms with van der Waals surface area (Å²) in [5.41, 5.74) is 0. The number of carbonyl (C=O) groups is 1. The number of likely N-dealkylation sites (tertiary alicyclic amines) is 1. The van der Waals surface area contributed by atoms with Gasteiger partial charge in [-0.15, -0.1) is 0 Å². The van der Waals surface area contributed by atoms with Crippen LogP contribution in [0.15, 0.2) is 0 Å². The Balaban J connectivity index is 1.69. The summed E-state index contributed by atoms with van der Waals surface area (Å²) in [5.74, 6) is 2.00. The van der Waals surface area contributed by atoms with E-state index >= 15 is 0 Å². The highest BCUT2D eigenvalue weighted by molar-refractivity contribution is 5.76. The zero-order valence-corrected chi connectivity index (χ0v) is 12.7. The van der Waals surface area contributed by atoms with Crippen molar-refractivity contribution < 1.29 is 4.79 Å². The molecule has 2 unspecified atom stereocenters. The predicted octanol–water partition coefficient (Wildman–Crippen LogP) is 2.26. The molecular weight excluding hydrogens is 250 g/mol. The molecule has 0 bridgehead atoms. The molecule has 1 saturated heterocycles. The highest BCUT2D eigenvalue weighted by Crippen LogP contribution is 2.35. The van der Waals surface area contributed by atoms with E-state index in [-0.39, 0.29) is 5.91 Å². The van der Waals surface area contributed by atoms with E-state index in [0.717, 1.165) is 24.9 Å². The maximum absolute atomic E-state index is 12.0. The minimum atomic E-state index is 0.172. The van der Waals surface area contributed by atoms with Crippen LogP contribution in [0.25, 0.3) is 0 Å². The fourth-order valence-electron chi connectivity index (χ4n) is 3.67. The summed E-state index contributed by atoms with van der Waals surface area (Å²) in [6, 6.07) is 2.09. The smallest absolute Gasteiger partial charge is 0.223 e. The number of carbonyl (C=O) groups excluding carboxylic acids is 1. The third-order valence-corrected chi connectivity index (χ3v) is 5.00. The second-order valence-corrected chi connectivity index (χ2v) is 6.37. The molecule has 112 valence electrons. The summed E-state index contributed by atoms with van der Waals surface area (Å²) in [4.78, 5) is 16.1. The number of nitrogens with zero attached hydrogens (tertiary/aromatic N) is 3. The van der Waals surface area contributed by atoms with Crippen molar-refractivity contribution in [2.24, 2.45) is 11.8 Å². The fraction of sp³-hybridized carbons (Fsp3) is 0.875. The van der Waals surface area contributed by atoms with Crippen LogP contribution in [0.5, 0.6) is 0 Å². The van der Waals surface area contributed by atoms with Crippen LogP contribution in [0.1, 0.15) is 44.9 Å². The monoisotopic (exact) mass is 277 g/mol. The molecule has 0 radical (unpaired) electrons. The van der Waals surface area contributed by atoms with E-state index < -0.39 is 0 Å². The number of fused-ring (bicyclic) bond motifs is 1. The number of amides is 1. The highest BCUT2D eigenvalue weighted by Gasteiger charge is 2.30. The van der Waals surface area contributed by atoms with Crippen LogP contribution in [0.3, 0.4) is 0 Å². The SMILES string of the molecule is CN(CCC#N)C(=O)CCN1CCC2CCCCC2C1. The van der Waals surface area contributed by atoms with Crippen LogP contribution < -0.4 is 0 Å². The minimum absolute atomic E-state index is 0.172. The Hall–Kier alpha value is -1.08. The summed E-state index contributed by atoms with van der Waals surface area (Å²) >= 11 is 0. The van der Waals surface area contributed by atoms with Crippen LogP contribution in [-0.4, -0.2) is 48.9 Å². The summed E-state index contributed by atoms with van der Waals surface area (Å²) < 4.78 is 0. The molecule has 4 heteroatoms. The Morgan fingerprint density at radius 2 is 2.05 bits per heavy atom. The molecule has 1 aliphatic heterocycles. The van der Waals surface area contributed by atoms with E-state index in [2.05, 4.69) is 11.0 Å². The van der Waals surface area contributed by atoms with Gasteiger partial charge in [0.15, 0.2) is 0 Å². The second-order valence-electron chi connectivity index (χ2n) is 6.37. The standard InChI is InChI=1S/C16H27N3O/c1-18(10-4-9-17)16(20)8-12-19-11-7-14-5-2-3-6-15(14)13-19/h14-15H,2-8,10-13H2,1H3. The largest absolute Gasteiger partial charge is 0.345 e. The number of nitriles is 1. The van der Waals surface area contributed by atoms with E-state index in [1.54, 1.807) is 11.9 Å². The molecule has 0 aromatic heterocycles. The van der Waals surface area contributed by atoms with Gasteiger partial charge < -0.3 is 9.80 Å². The van der Waals surface area contributed by atoms with Gasteiger partial charge in [0.2, 0.25) is 5.91 Å². The molecule has 1 heterocycles. The van der Waals surface area contributed by atoms with Gasteiger partial charge in [-0.1, -0.05) is 19.3 Å². The number of hydrogen-bond acceptors (Lipinski definition) is 3. The third kappa shape index (κ3) is 4.21. The molecule has 0 aromatic rings. The first-order valence-electron chi connectivity index (χ1n) is 8.04. The van der Waals surface area contributed by atoms with Gasteiger partial charge in [0.05, 0.1) is 12.5 Å². The van der Waals surface area contributed by atoms with Crippen LogP contribution in [-0.2, 0) is 4.79 Å². The normalized spacial score (nSPS) is 26.6. The van der Waals surface area contributed by atoms with Crippen molar-refractivity contribution in [3.05, 3.63) is 0 Å². The Morgan fingerprint density at radius 3 is 2.80 bits per heavy atom. The molecule has 2 rings (SSSR count). The minimum Gasteiger partial charge on any atom is -0.345 e. The van der Waals surface area contributed by atoms with Gasteiger partial charge in [-0.2, -0.15) is 5.26 Å². The van der Waals surface area contributed by atoms with Gasteiger partial charge in [0.25, 0.3) is 0 Å². The molecule has 0 N–H and O–H groups in total. The van der Waals surface area contributed by atoms with Crippen LogP contribution in [0, 0.1) is 23.2 Å². The average Bonchev–Trinajstić information content (AvgIpc) is 2.50. The van der Waals surface area contributed by atoms with Crippen molar-refractivity contribution in [2.45, 2.75) is 44.9 Å². The van der Waals surface area contributed by atoms with Crippen molar-refractivity contribution in [1.29, 1.82) is 5.26 Å². The number of hydrogen-bond donors (Lipinski definition) is 0. The van der Waals surface area contributed by atoms with E-state index in [4.69, 9.17) is 5.26 Å². The zero-order chi connectivity index (χ0) is 14.4. The first kappa shape index (κ1) is 15.3. The maximum Gasteiger partial charge on any atom is 0.223 e. The Labute approximate surface area is 122 Å². The number of rotatable bonds is 5. The lowest BCUT2D eigenvalue weighted by atomic mass is 9.75. The Morgan fingerprint density at radius 1 is 1.30 bits per heavy atom. The van der Waals surface area contributed by atoms with E-state index in [1.807, 2.05) is 0 Å². The summed E-state index contributed by atoms with van der Waals surface area (Å²) in [6.45, 7) is 3.80. The van der Waals surface area contributed by atoms with E-state index in [9.17, 15) is 4.79 Å². The first-order valence-corrected chi connectivity index (χ1v) is 8.04. The highest BCUT2D eigenvalue weighted by atomic mass is 16.2. The zero-order valence-electron chi connectivity index (χ0n) is 12.7. The van der Waals surface area contributed by atoms with Crippen LogP contribution in [0.2, 0.25) is 0 Å². The van der Waals surface area contributed by atoms with Crippen LogP contribution in [0.4, 0.5) is 0 Å². The lowest BCUT2D eigenvalue weighted by molar-refractivity contribution is -0.130. The molecular formula is C16H27N3O. The average molecular weight is 277 g/mol. The molecule has 20 heavy (non-hydrogen) atoms. The quantitative estimate of drug-likeness (QED) is 0.774. The topological polar surface area (TPSA) is 47.3 Å². The first-order chi connectivity index (χ1) is 9.70. The van der Waals surface area contributed by atoms with Gasteiger partial charge in [0, 0.05) is 33.1 Å². The van der Waals surface area contributed by atoms with Crippen LogP contribution >= 0.6 is 0 Å². The molecule has 4 nitrogen and oxygen atoms in total. The fourth-order valence-corrected chi connectivity index (χ4v) is 3.67. The summed E-state index contributed by atoms with van der Waals surface area (Å²) in [6.07, 6.45) is 7.97. The van der Waals surface area contributed by atoms with Gasteiger partial charge >= 0.3 is 0 Å². The van der Waals surface area contributed by atoms with Gasteiger partial charge in [-0.25, -0.2) is 0 Å². The molecule has 2 fully saturated rings. The molecule has 1 aliphatic carbocycles. The van der Waals surface area contributed by atoms with E-state index in [1.165, 1.54) is 38.6 Å². The van der Waals surface area contributed by atoms with Crippen molar-refractivity contribution in [3.8, 4) is 6.07 Å². The van der Waals surface area contributed by atoms with Crippen molar-refractivity contribution in [3.63, 3.8) is 0 Å². The summed E-state index contributed by atoms with van der Waals surface area (Å²) in [7, 11) is 1.80. The second kappa shape index (κ2) is 7.64. The van der Waals surface area contributed by atoms with E-state index in [0.29, 0.717) is 19.4 Å². The molecule has 0 aromatic carbocycles. The Kier molecular flexibility index (Phi) is 5.85. The van der Waals surface area contributed by atoms with Gasteiger partial charge in [0.1, 0.15) is 0 Å². The molecule has 1 saturated carbocycles. The molecule has 2 aliphatic rings. The Bertz CT molecular complexity index is 363. The molecule has 1 amide bonds. The maximum atomic E-state index is 12.0. The predicted molar refractivity (Wildman–Crippen MR) is 79.0 cm³/mol. The van der Waals surface area contributed by atoms with Gasteiger partial charge in [-0.3, -0.25) is 4.79 Å². The molecule has 2 atom stereocenters. The summed E-state index contributed by atoms with van der Waals surface area (Å²) in [5, 5.41) is 8.54. The van der Waals surface area contributed by atoms with Crippen molar-refractivity contribution in [2.75, 3.05) is 33.2 Å². The number of piperidine rings is 1. The van der Waals surface area contributed by atoms with Crippen molar-refractivity contribution >= 4 is 5.91 Å². The lowest BCUT2D eigenvalue weighted by Crippen LogP contribution is -2.43. The van der Waals surface area contributed by atoms with Gasteiger partial charge in [-0.05, 0) is 31.2 Å². The molecule has 0 spiro atoms.